The molecular formula is C26H29ClFN7O2. The molecular weight excluding hydrogens is 497 g/mol. The fraction of sp³-hybridized carbons (Fsp3) is 0.462. The second kappa shape index (κ2) is 9.48. The zero-order chi connectivity index (χ0) is 25.7. The van der Waals surface area contributed by atoms with Gasteiger partial charge in [0.05, 0.1) is 43.4 Å². The molecule has 0 radical (unpaired) electrons. The highest BCUT2D eigenvalue weighted by atomic mass is 35.5. The minimum absolute atomic E-state index is 0.0753. The van der Waals surface area contributed by atoms with Gasteiger partial charge in [0.2, 0.25) is 5.95 Å². The van der Waals surface area contributed by atoms with Gasteiger partial charge in [-0.3, -0.25) is 4.68 Å². The van der Waals surface area contributed by atoms with E-state index in [0.717, 1.165) is 40.9 Å². The van der Waals surface area contributed by atoms with Gasteiger partial charge in [-0.05, 0) is 62.1 Å². The number of halogens is 2. The Morgan fingerprint density at radius 2 is 2.11 bits per heavy atom. The predicted octanol–water partition coefficient (Wildman–Crippen LogP) is 4.32. The third-order valence-electron chi connectivity index (χ3n) is 7.80. The first-order valence-corrected chi connectivity index (χ1v) is 13.0. The molecule has 0 saturated heterocycles. The summed E-state index contributed by atoms with van der Waals surface area (Å²) in [5.41, 5.74) is 9.94. The van der Waals surface area contributed by atoms with Crippen molar-refractivity contribution in [1.82, 2.24) is 30.0 Å². The van der Waals surface area contributed by atoms with Crippen molar-refractivity contribution in [3.05, 3.63) is 52.2 Å². The van der Waals surface area contributed by atoms with Crippen molar-refractivity contribution in [2.45, 2.75) is 58.3 Å². The molecule has 1 aromatic carbocycles. The molecule has 9 nitrogen and oxygen atoms in total. The van der Waals surface area contributed by atoms with Crippen LogP contribution in [-0.2, 0) is 19.6 Å². The summed E-state index contributed by atoms with van der Waals surface area (Å²) in [4.78, 5) is 24.0. The van der Waals surface area contributed by atoms with E-state index in [1.807, 2.05) is 13.0 Å². The average molecular weight is 526 g/mol. The van der Waals surface area contributed by atoms with Crippen molar-refractivity contribution >= 4 is 23.6 Å². The van der Waals surface area contributed by atoms with Crippen molar-refractivity contribution < 1.29 is 13.9 Å². The SMILES string of the molecule is Cc1cc(Cl)cc(OCCn2cc(F)cn2)c1-c1nc(N)nc2c1CN(C(=O)NC1CCC3CC1C3)C2. The van der Waals surface area contributed by atoms with Crippen molar-refractivity contribution in [1.29, 1.82) is 0 Å². The number of aromatic nitrogens is 4. The first-order chi connectivity index (χ1) is 17.8. The summed E-state index contributed by atoms with van der Waals surface area (Å²) in [7, 11) is 0. The van der Waals surface area contributed by atoms with Crippen molar-refractivity contribution in [3.63, 3.8) is 0 Å². The number of urea groups is 1. The van der Waals surface area contributed by atoms with Gasteiger partial charge in [0.15, 0.2) is 5.82 Å². The van der Waals surface area contributed by atoms with Gasteiger partial charge in [-0.25, -0.2) is 19.2 Å². The van der Waals surface area contributed by atoms with Gasteiger partial charge in [-0.2, -0.15) is 5.10 Å². The summed E-state index contributed by atoms with van der Waals surface area (Å²) in [6, 6.07) is 3.74. The standard InChI is InChI=1S/C26H29ClFN7O2/c1-14-6-17(27)9-22(37-5-4-35-11-18(28)10-30-35)23(14)24-19-12-34(13-21(19)31-25(29)33-24)26(36)32-20-3-2-15-7-16(20)8-15/h6,9-11,15-16,20H,2-5,7-8,12-13H2,1H3,(H,32,36)(H2,29,31,33). The molecule has 1 unspecified atom stereocenters. The highest BCUT2D eigenvalue weighted by Crippen LogP contribution is 2.46. The van der Waals surface area contributed by atoms with E-state index < -0.39 is 5.82 Å². The van der Waals surface area contributed by atoms with Gasteiger partial charge in [-0.15, -0.1) is 0 Å². The van der Waals surface area contributed by atoms with Crippen LogP contribution >= 0.6 is 11.6 Å². The molecule has 1 aliphatic heterocycles. The van der Waals surface area contributed by atoms with E-state index in [0.29, 0.717) is 42.0 Å². The number of benzene rings is 1. The van der Waals surface area contributed by atoms with Crippen LogP contribution in [0.3, 0.4) is 0 Å². The minimum atomic E-state index is -0.403. The van der Waals surface area contributed by atoms with Crippen LogP contribution in [0.15, 0.2) is 24.5 Å². The molecule has 194 valence electrons. The molecule has 3 saturated carbocycles. The van der Waals surface area contributed by atoms with E-state index >= 15 is 0 Å². The summed E-state index contributed by atoms with van der Waals surface area (Å²) in [5.74, 6) is 1.72. The zero-order valence-electron chi connectivity index (χ0n) is 20.6. The van der Waals surface area contributed by atoms with Gasteiger partial charge < -0.3 is 20.7 Å². The van der Waals surface area contributed by atoms with Gasteiger partial charge in [0, 0.05) is 22.2 Å². The molecule has 11 heteroatoms. The topological polar surface area (TPSA) is 111 Å². The van der Waals surface area contributed by atoms with E-state index in [9.17, 15) is 9.18 Å². The van der Waals surface area contributed by atoms with Gasteiger partial charge in [-0.1, -0.05) is 11.6 Å². The van der Waals surface area contributed by atoms with E-state index in [4.69, 9.17) is 22.1 Å². The molecule has 3 aromatic rings. The molecule has 3 aliphatic carbocycles. The maximum atomic E-state index is 13.3. The number of amides is 2. The Labute approximate surface area is 219 Å². The molecule has 3 heterocycles. The highest BCUT2D eigenvalue weighted by Gasteiger charge is 2.41. The first-order valence-electron chi connectivity index (χ1n) is 12.7. The maximum absolute atomic E-state index is 13.3. The molecule has 2 amide bonds. The number of rotatable bonds is 6. The number of ether oxygens (including phenoxy) is 1. The fourth-order valence-electron chi connectivity index (χ4n) is 5.91. The van der Waals surface area contributed by atoms with Crippen LogP contribution in [0.5, 0.6) is 5.75 Å². The Balaban J connectivity index is 1.25. The average Bonchev–Trinajstić information content (AvgIpc) is 3.44. The number of aryl methyl sites for hydroxylation is 1. The lowest BCUT2D eigenvalue weighted by molar-refractivity contribution is 0.0734. The number of nitrogens with zero attached hydrogens (tertiary/aromatic N) is 5. The molecule has 0 spiro atoms. The summed E-state index contributed by atoms with van der Waals surface area (Å²) >= 11 is 6.36. The molecule has 3 fully saturated rings. The molecule has 1 atom stereocenters. The van der Waals surface area contributed by atoms with Crippen molar-refractivity contribution in [3.8, 4) is 17.0 Å². The van der Waals surface area contributed by atoms with Gasteiger partial charge >= 0.3 is 6.03 Å². The van der Waals surface area contributed by atoms with E-state index in [2.05, 4.69) is 20.4 Å². The van der Waals surface area contributed by atoms with Crippen LogP contribution in [-0.4, -0.2) is 43.3 Å². The molecule has 3 N–H and O–H groups in total. The smallest absolute Gasteiger partial charge is 0.318 e. The normalized spacial score (nSPS) is 21.9. The lowest BCUT2D eigenvalue weighted by Gasteiger charge is -2.47. The molecule has 2 bridgehead atoms. The fourth-order valence-corrected chi connectivity index (χ4v) is 6.17. The van der Waals surface area contributed by atoms with Crippen LogP contribution in [0.25, 0.3) is 11.3 Å². The summed E-state index contributed by atoms with van der Waals surface area (Å²) in [6.45, 7) is 3.28. The highest BCUT2D eigenvalue weighted by molar-refractivity contribution is 6.31. The lowest BCUT2D eigenvalue weighted by atomic mass is 9.63. The number of nitrogen functional groups attached to an aromatic ring is 1. The summed E-state index contributed by atoms with van der Waals surface area (Å²) in [6.07, 6.45) is 7.16. The minimum Gasteiger partial charge on any atom is -0.491 e. The van der Waals surface area contributed by atoms with Crippen LogP contribution in [0.1, 0.15) is 42.5 Å². The molecule has 37 heavy (non-hydrogen) atoms. The van der Waals surface area contributed by atoms with Crippen LogP contribution in [0, 0.1) is 24.6 Å². The van der Waals surface area contributed by atoms with Crippen LogP contribution in [0.4, 0.5) is 15.1 Å². The monoisotopic (exact) mass is 525 g/mol. The Hall–Kier alpha value is -3.40. The second-order valence-electron chi connectivity index (χ2n) is 10.3. The Bertz CT molecular complexity index is 1350. The Kier molecular flexibility index (Phi) is 6.14. The predicted molar refractivity (Wildman–Crippen MR) is 136 cm³/mol. The molecule has 2 aromatic heterocycles. The van der Waals surface area contributed by atoms with Crippen LogP contribution < -0.4 is 15.8 Å². The first kappa shape index (κ1) is 24.0. The maximum Gasteiger partial charge on any atom is 0.318 e. The number of fused-ring (bicyclic) bond motifs is 3. The van der Waals surface area contributed by atoms with E-state index in [1.54, 1.807) is 11.0 Å². The number of nitrogens with one attached hydrogen (secondary N) is 1. The molecule has 4 aliphatic rings. The van der Waals surface area contributed by atoms with Crippen molar-refractivity contribution in [2.75, 3.05) is 12.3 Å². The zero-order valence-corrected chi connectivity index (χ0v) is 21.3. The van der Waals surface area contributed by atoms with Crippen LogP contribution in [0.2, 0.25) is 5.02 Å². The third-order valence-corrected chi connectivity index (χ3v) is 8.02. The summed E-state index contributed by atoms with van der Waals surface area (Å²) in [5, 5.41) is 7.73. The van der Waals surface area contributed by atoms with Gasteiger partial charge in [0.1, 0.15) is 12.4 Å². The molecule has 7 rings (SSSR count). The van der Waals surface area contributed by atoms with Crippen molar-refractivity contribution in [2.24, 2.45) is 11.8 Å². The number of carbonyl (C=O) groups is 1. The quantitative estimate of drug-likeness (QED) is 0.496. The third kappa shape index (κ3) is 4.70. The number of hydrogen-bond acceptors (Lipinski definition) is 6. The van der Waals surface area contributed by atoms with E-state index in [1.165, 1.54) is 30.1 Å². The Morgan fingerprint density at radius 1 is 1.27 bits per heavy atom. The number of carbonyl (C=O) groups excluding carboxylic acids is 1. The largest absolute Gasteiger partial charge is 0.491 e. The number of nitrogens with two attached hydrogens (primary N) is 1. The Morgan fingerprint density at radius 3 is 2.84 bits per heavy atom. The summed E-state index contributed by atoms with van der Waals surface area (Å²) < 4.78 is 20.8. The second-order valence-corrected chi connectivity index (χ2v) is 10.7. The van der Waals surface area contributed by atoms with E-state index in [-0.39, 0.29) is 24.6 Å². The lowest BCUT2D eigenvalue weighted by Crippen LogP contribution is -2.52. The number of hydrogen-bond donors (Lipinski definition) is 2. The number of anilines is 1. The van der Waals surface area contributed by atoms with Gasteiger partial charge in [0.25, 0.3) is 0 Å².